The monoisotopic (exact) mass is 447 g/mol. The molecular weight excluding hydrogens is 425 g/mol. The average Bonchev–Trinajstić information content (AvgIpc) is 3.12. The third kappa shape index (κ3) is 3.83. The molecule has 0 radical (unpaired) electrons. The quantitative estimate of drug-likeness (QED) is 0.465. The molecule has 0 aromatic carbocycles. The molecule has 164 valence electrons. The highest BCUT2D eigenvalue weighted by Crippen LogP contribution is 2.43. The molecule has 1 aliphatic carbocycles. The second-order valence-corrected chi connectivity index (χ2v) is 8.98. The smallest absolute Gasteiger partial charge is 0.312 e. The van der Waals surface area contributed by atoms with Crippen molar-refractivity contribution in [1.29, 1.82) is 0 Å². The molecule has 31 heavy (non-hydrogen) atoms. The number of pyridine rings is 1. The van der Waals surface area contributed by atoms with E-state index in [1.54, 1.807) is 12.3 Å². The fourth-order valence-corrected chi connectivity index (χ4v) is 4.25. The lowest BCUT2D eigenvalue weighted by Crippen LogP contribution is -2.54. The predicted molar refractivity (Wildman–Crippen MR) is 114 cm³/mol. The zero-order chi connectivity index (χ0) is 22.4. The molecule has 0 unspecified atom stereocenters. The van der Waals surface area contributed by atoms with Crippen LogP contribution in [0.4, 0.5) is 10.2 Å². The largest absolute Gasteiger partial charge is 0.481 e. The first-order valence-electron chi connectivity index (χ1n) is 9.98. The van der Waals surface area contributed by atoms with Crippen LogP contribution < -0.4 is 5.32 Å². The van der Waals surface area contributed by atoms with Crippen LogP contribution in [0.25, 0.3) is 22.4 Å². The number of nitrogens with zero attached hydrogens (tertiary/aromatic N) is 3. The van der Waals surface area contributed by atoms with Crippen molar-refractivity contribution < 1.29 is 19.4 Å². The molecule has 1 saturated carbocycles. The van der Waals surface area contributed by atoms with E-state index in [-0.39, 0.29) is 24.1 Å². The van der Waals surface area contributed by atoms with E-state index in [1.165, 1.54) is 20.0 Å². The summed E-state index contributed by atoms with van der Waals surface area (Å²) in [5, 5.41) is 24.8. The topological polar surface area (TPSA) is 124 Å². The Kier molecular flexibility index (Phi) is 5.35. The van der Waals surface area contributed by atoms with Crippen molar-refractivity contribution in [2.75, 3.05) is 5.32 Å². The van der Waals surface area contributed by atoms with Crippen LogP contribution in [0, 0.1) is 11.2 Å². The lowest BCUT2D eigenvalue weighted by atomic mass is 9.66. The summed E-state index contributed by atoms with van der Waals surface area (Å²) in [5.41, 5.74) is -1.52. The van der Waals surface area contributed by atoms with Gasteiger partial charge in [0.25, 0.3) is 0 Å². The fourth-order valence-electron chi connectivity index (χ4n) is 4.10. The minimum absolute atomic E-state index is 0.00304. The van der Waals surface area contributed by atoms with Crippen molar-refractivity contribution in [3.8, 4) is 11.4 Å². The summed E-state index contributed by atoms with van der Waals surface area (Å²) in [6.45, 7) is 3.02. The lowest BCUT2D eigenvalue weighted by molar-refractivity contribution is -0.169. The highest BCUT2D eigenvalue weighted by atomic mass is 35.5. The summed E-state index contributed by atoms with van der Waals surface area (Å²) >= 11 is 6.05. The van der Waals surface area contributed by atoms with E-state index in [1.807, 2.05) is 0 Å². The van der Waals surface area contributed by atoms with Crippen molar-refractivity contribution in [3.63, 3.8) is 0 Å². The van der Waals surface area contributed by atoms with Gasteiger partial charge in [0.05, 0.1) is 22.2 Å². The maximum absolute atomic E-state index is 14.5. The second-order valence-electron chi connectivity index (χ2n) is 8.54. The van der Waals surface area contributed by atoms with Crippen molar-refractivity contribution in [2.24, 2.45) is 5.41 Å². The van der Waals surface area contributed by atoms with E-state index >= 15 is 0 Å². The summed E-state index contributed by atoms with van der Waals surface area (Å²) < 4.78 is 14.5. The Morgan fingerprint density at radius 1 is 1.39 bits per heavy atom. The minimum Gasteiger partial charge on any atom is -0.481 e. The maximum Gasteiger partial charge on any atom is 0.312 e. The fraction of sp³-hybridized carbons (Fsp3) is 0.429. The Morgan fingerprint density at radius 3 is 2.90 bits per heavy atom. The Hall–Kier alpha value is -2.78. The number of halogens is 2. The first-order valence-corrected chi connectivity index (χ1v) is 10.4. The van der Waals surface area contributed by atoms with Gasteiger partial charge in [-0.15, -0.1) is 0 Å². The average molecular weight is 448 g/mol. The van der Waals surface area contributed by atoms with Crippen LogP contribution in [-0.2, 0) is 4.79 Å². The molecule has 3 heterocycles. The molecular formula is C21H23ClFN5O3. The molecule has 0 bridgehead atoms. The van der Waals surface area contributed by atoms with Crippen molar-refractivity contribution in [3.05, 3.63) is 35.5 Å². The summed E-state index contributed by atoms with van der Waals surface area (Å²) in [6, 6.07) is 1.39. The standard InChI is InChI=1S/C21H23ClFN5O3/c1-20(2,19(29)30)21(31)5-3-4-12(7-21)27-18-15(23)10-26-17(28-18)14-9-25-16-13(14)6-11(22)8-24-16/h6,8-10,12,31H,3-5,7H2,1-2H3,(H,24,25)(H,29,30)(H,26,27,28)/t12-,21+/m0/s1. The Bertz CT molecular complexity index is 1150. The number of anilines is 1. The number of rotatable bonds is 5. The number of H-pyrrole nitrogens is 1. The number of carbonyl (C=O) groups is 1. The van der Waals surface area contributed by atoms with Gasteiger partial charge in [0.15, 0.2) is 17.5 Å². The first-order chi connectivity index (χ1) is 14.6. The molecule has 0 amide bonds. The zero-order valence-electron chi connectivity index (χ0n) is 17.1. The normalized spacial score (nSPS) is 21.9. The lowest BCUT2D eigenvalue weighted by Gasteiger charge is -2.45. The van der Waals surface area contributed by atoms with Gasteiger partial charge in [-0.2, -0.15) is 0 Å². The van der Waals surface area contributed by atoms with E-state index < -0.39 is 22.8 Å². The van der Waals surface area contributed by atoms with Gasteiger partial charge in [-0.3, -0.25) is 4.79 Å². The molecule has 8 nitrogen and oxygen atoms in total. The summed E-state index contributed by atoms with van der Waals surface area (Å²) in [6.07, 6.45) is 6.08. The van der Waals surface area contributed by atoms with Crippen LogP contribution in [0.2, 0.25) is 5.02 Å². The highest BCUT2D eigenvalue weighted by Gasteiger charge is 2.51. The molecule has 4 N–H and O–H groups in total. The Balaban J connectivity index is 1.62. The number of carboxylic acid groups (broad SMARTS) is 1. The molecule has 3 aromatic heterocycles. The molecule has 10 heteroatoms. The molecule has 1 fully saturated rings. The van der Waals surface area contributed by atoms with Gasteiger partial charge in [-0.05, 0) is 45.6 Å². The number of aliphatic hydroxyl groups is 1. The van der Waals surface area contributed by atoms with Crippen LogP contribution in [0.3, 0.4) is 0 Å². The zero-order valence-corrected chi connectivity index (χ0v) is 17.9. The highest BCUT2D eigenvalue weighted by molar-refractivity contribution is 6.31. The van der Waals surface area contributed by atoms with E-state index in [9.17, 15) is 19.4 Å². The third-order valence-electron chi connectivity index (χ3n) is 6.25. The number of nitrogens with one attached hydrogen (secondary N) is 2. The van der Waals surface area contributed by atoms with Gasteiger partial charge < -0.3 is 20.5 Å². The van der Waals surface area contributed by atoms with Gasteiger partial charge in [0.2, 0.25) is 0 Å². The van der Waals surface area contributed by atoms with E-state index in [0.717, 1.165) is 6.20 Å². The van der Waals surface area contributed by atoms with E-state index in [2.05, 4.69) is 25.3 Å². The second kappa shape index (κ2) is 7.72. The molecule has 2 atom stereocenters. The Labute approximate surface area is 182 Å². The van der Waals surface area contributed by atoms with Gasteiger partial charge in [-0.25, -0.2) is 19.3 Å². The number of hydrogen-bond acceptors (Lipinski definition) is 6. The first kappa shape index (κ1) is 21.5. The van der Waals surface area contributed by atoms with E-state index in [0.29, 0.717) is 40.9 Å². The number of aromatic amines is 1. The number of hydrogen-bond donors (Lipinski definition) is 4. The molecule has 0 spiro atoms. The minimum atomic E-state index is -1.42. The molecule has 0 saturated heterocycles. The molecule has 1 aliphatic rings. The summed E-state index contributed by atoms with van der Waals surface area (Å²) in [7, 11) is 0. The van der Waals surface area contributed by atoms with Gasteiger partial charge in [-0.1, -0.05) is 11.6 Å². The van der Waals surface area contributed by atoms with Crippen LogP contribution in [-0.4, -0.2) is 47.8 Å². The molecule has 3 aromatic rings. The van der Waals surface area contributed by atoms with Gasteiger partial charge in [0.1, 0.15) is 5.65 Å². The number of fused-ring (bicyclic) bond motifs is 1. The van der Waals surface area contributed by atoms with Crippen LogP contribution in [0.15, 0.2) is 24.7 Å². The van der Waals surface area contributed by atoms with Crippen molar-refractivity contribution in [1.82, 2.24) is 19.9 Å². The van der Waals surface area contributed by atoms with Gasteiger partial charge in [0, 0.05) is 29.4 Å². The number of aliphatic carboxylic acids is 1. The third-order valence-corrected chi connectivity index (χ3v) is 6.46. The SMILES string of the molecule is CC(C)(C(=O)O)[C@@]1(O)CCC[C@H](Nc2nc(-c3c[nH]c4ncc(Cl)cc34)ncc2F)C1. The maximum atomic E-state index is 14.5. The van der Waals surface area contributed by atoms with Crippen molar-refractivity contribution >= 4 is 34.4 Å². The van der Waals surface area contributed by atoms with Crippen LogP contribution >= 0.6 is 11.6 Å². The van der Waals surface area contributed by atoms with E-state index in [4.69, 9.17) is 11.6 Å². The van der Waals surface area contributed by atoms with Crippen LogP contribution in [0.5, 0.6) is 0 Å². The van der Waals surface area contributed by atoms with Crippen LogP contribution in [0.1, 0.15) is 39.5 Å². The Morgan fingerprint density at radius 2 is 2.16 bits per heavy atom. The van der Waals surface area contributed by atoms with Gasteiger partial charge >= 0.3 is 5.97 Å². The number of aromatic nitrogens is 4. The number of carboxylic acids is 1. The molecule has 0 aliphatic heterocycles. The predicted octanol–water partition coefficient (Wildman–Crippen LogP) is 4.01. The summed E-state index contributed by atoms with van der Waals surface area (Å²) in [4.78, 5) is 27.3. The van der Waals surface area contributed by atoms with Crippen molar-refractivity contribution in [2.45, 2.75) is 51.2 Å². The summed E-state index contributed by atoms with van der Waals surface area (Å²) in [5.74, 6) is -1.42. The molecule has 4 rings (SSSR count).